The van der Waals surface area contributed by atoms with Crippen LogP contribution in [0.15, 0.2) is 28.8 Å². The van der Waals surface area contributed by atoms with Crippen LogP contribution in [0.2, 0.25) is 0 Å². The fourth-order valence-corrected chi connectivity index (χ4v) is 0.615. The second-order valence-electron chi connectivity index (χ2n) is 1.83. The molecule has 0 aromatic heterocycles. The van der Waals surface area contributed by atoms with Crippen LogP contribution in [-0.2, 0) is 9.05 Å². The van der Waals surface area contributed by atoms with Crippen LogP contribution >= 0.6 is 22.3 Å². The minimum atomic E-state index is -3.67. The zero-order valence-corrected chi connectivity index (χ0v) is 8.62. The summed E-state index contributed by atoms with van der Waals surface area (Å²) in [5, 5.41) is 0.106. The molecule has 0 saturated carbocycles. The van der Waals surface area contributed by atoms with Crippen LogP contribution < -0.4 is 0 Å². The molecule has 12 heavy (non-hydrogen) atoms. The topological polar surface area (TPSA) is 46.5 Å². The molecule has 0 N–H and O–H groups in total. The minimum absolute atomic E-state index is 0.0656. The third-order valence-corrected chi connectivity index (χ3v) is 2.78. The Morgan fingerprint density at radius 1 is 1.58 bits per heavy atom. The number of hydrogen-bond acceptors (Lipinski definition) is 3. The van der Waals surface area contributed by atoms with E-state index in [2.05, 4.69) is 11.6 Å². The molecule has 68 valence electrons. The first-order valence-electron chi connectivity index (χ1n) is 2.85. The highest BCUT2D eigenvalue weighted by atomic mass is 35.7. The molecule has 0 amide bonds. The molecule has 0 aliphatic carbocycles. The second-order valence-corrected chi connectivity index (χ2v) is 4.96. The summed E-state index contributed by atoms with van der Waals surface area (Å²) in [6.07, 6.45) is 2.35. The van der Waals surface area contributed by atoms with Gasteiger partial charge in [0.2, 0.25) is 0 Å². The molecule has 0 aliphatic rings. The first-order chi connectivity index (χ1) is 5.38. The molecule has 0 spiro atoms. The van der Waals surface area contributed by atoms with Gasteiger partial charge >= 0.3 is 0 Å². The van der Waals surface area contributed by atoms with E-state index in [1.165, 1.54) is 13.0 Å². The summed E-state index contributed by atoms with van der Waals surface area (Å²) >= 11 is 5.41. The molecule has 0 radical (unpaired) electrons. The monoisotopic (exact) mass is 227 g/mol. The Morgan fingerprint density at radius 3 is 2.42 bits per heavy atom. The summed E-state index contributed by atoms with van der Waals surface area (Å²) in [4.78, 5) is 3.48. The highest BCUT2D eigenvalue weighted by Gasteiger charge is 2.06. The van der Waals surface area contributed by atoms with E-state index in [1.54, 1.807) is 0 Å². The zero-order chi connectivity index (χ0) is 9.78. The Labute approximate surface area is 80.8 Å². The Hall–Kier alpha value is -0.320. The van der Waals surface area contributed by atoms with Gasteiger partial charge in [0.1, 0.15) is 5.17 Å². The van der Waals surface area contributed by atoms with E-state index in [4.69, 9.17) is 22.3 Å². The van der Waals surface area contributed by atoms with Gasteiger partial charge in [0.05, 0.1) is 4.91 Å². The first kappa shape index (κ1) is 11.7. The maximum absolute atomic E-state index is 10.6. The van der Waals surface area contributed by atoms with E-state index in [-0.39, 0.29) is 10.1 Å². The standard InChI is InChI=1S/C6H7Cl2NO2S/c1-3-6(7)9-4-5(2)12(8,10)11/h3-4H,1H2,2H3/b5-4+,9-6?. The van der Waals surface area contributed by atoms with Gasteiger partial charge < -0.3 is 0 Å². The molecule has 0 unspecified atom stereocenters. The summed E-state index contributed by atoms with van der Waals surface area (Å²) in [5.41, 5.74) is 0. The Morgan fingerprint density at radius 2 is 2.08 bits per heavy atom. The van der Waals surface area contributed by atoms with Crippen molar-refractivity contribution < 1.29 is 8.42 Å². The van der Waals surface area contributed by atoms with E-state index >= 15 is 0 Å². The summed E-state index contributed by atoms with van der Waals surface area (Å²) in [6, 6.07) is 0. The van der Waals surface area contributed by atoms with Crippen LogP contribution in [0.1, 0.15) is 6.92 Å². The van der Waals surface area contributed by atoms with E-state index in [0.29, 0.717) is 0 Å². The van der Waals surface area contributed by atoms with Gasteiger partial charge in [0.25, 0.3) is 9.05 Å². The van der Waals surface area contributed by atoms with Crippen molar-refractivity contribution in [2.75, 3.05) is 0 Å². The van der Waals surface area contributed by atoms with Crippen molar-refractivity contribution in [3.63, 3.8) is 0 Å². The third-order valence-electron chi connectivity index (χ3n) is 0.923. The van der Waals surface area contributed by atoms with Gasteiger partial charge in [-0.1, -0.05) is 18.2 Å². The SMILES string of the molecule is C=CC(Cl)=N/C=C(\C)S(=O)(=O)Cl. The molecule has 0 aromatic carbocycles. The first-order valence-corrected chi connectivity index (χ1v) is 5.54. The Balaban J connectivity index is 4.73. The van der Waals surface area contributed by atoms with Crippen molar-refractivity contribution in [2.45, 2.75) is 6.92 Å². The molecular weight excluding hydrogens is 221 g/mol. The van der Waals surface area contributed by atoms with Crippen LogP contribution in [-0.4, -0.2) is 13.6 Å². The maximum Gasteiger partial charge on any atom is 0.258 e. The van der Waals surface area contributed by atoms with Gasteiger partial charge in [0, 0.05) is 16.9 Å². The minimum Gasteiger partial charge on any atom is -0.244 e. The predicted octanol–water partition coefficient (Wildman–Crippen LogP) is 2.24. The molecule has 6 heteroatoms. The molecule has 0 rings (SSSR count). The number of rotatable bonds is 3. The van der Waals surface area contributed by atoms with E-state index < -0.39 is 9.05 Å². The third kappa shape index (κ3) is 4.54. The van der Waals surface area contributed by atoms with Gasteiger partial charge in [-0.05, 0) is 13.0 Å². The van der Waals surface area contributed by atoms with Crippen LogP contribution in [0.25, 0.3) is 0 Å². The predicted molar refractivity (Wildman–Crippen MR) is 52.0 cm³/mol. The number of halogens is 2. The number of nitrogens with zero attached hydrogens (tertiary/aromatic N) is 1. The molecule has 3 nitrogen and oxygen atoms in total. The van der Waals surface area contributed by atoms with Gasteiger partial charge in [-0.2, -0.15) is 0 Å². The molecule has 0 atom stereocenters. The lowest BCUT2D eigenvalue weighted by atomic mass is 10.6. The van der Waals surface area contributed by atoms with Gasteiger partial charge in [0.15, 0.2) is 0 Å². The molecule has 0 saturated heterocycles. The number of hydrogen-bond donors (Lipinski definition) is 0. The maximum atomic E-state index is 10.6. The molecule has 0 aromatic rings. The van der Waals surface area contributed by atoms with Gasteiger partial charge in [-0.15, -0.1) is 0 Å². The average Bonchev–Trinajstić information content (AvgIpc) is 1.97. The van der Waals surface area contributed by atoms with Crippen LogP contribution in [0, 0.1) is 0 Å². The summed E-state index contributed by atoms with van der Waals surface area (Å²) in [5.74, 6) is 0. The van der Waals surface area contributed by atoms with E-state index in [9.17, 15) is 8.42 Å². The summed E-state index contributed by atoms with van der Waals surface area (Å²) < 4.78 is 21.2. The van der Waals surface area contributed by atoms with Crippen molar-refractivity contribution in [2.24, 2.45) is 4.99 Å². The van der Waals surface area contributed by atoms with E-state index in [1.807, 2.05) is 0 Å². The van der Waals surface area contributed by atoms with Crippen molar-refractivity contribution in [1.29, 1.82) is 0 Å². The average molecular weight is 228 g/mol. The van der Waals surface area contributed by atoms with Crippen LogP contribution in [0.4, 0.5) is 0 Å². The molecule has 0 fully saturated rings. The van der Waals surface area contributed by atoms with Crippen molar-refractivity contribution in [1.82, 2.24) is 0 Å². The largest absolute Gasteiger partial charge is 0.258 e. The normalized spacial score (nSPS) is 14.6. The van der Waals surface area contributed by atoms with Crippen molar-refractivity contribution >= 4 is 36.5 Å². The van der Waals surface area contributed by atoms with Crippen LogP contribution in [0.5, 0.6) is 0 Å². The lowest BCUT2D eigenvalue weighted by Gasteiger charge is -1.90. The Kier molecular flexibility index (Phi) is 4.52. The molecule has 0 aliphatic heterocycles. The molecular formula is C6H7Cl2NO2S. The van der Waals surface area contributed by atoms with Gasteiger partial charge in [-0.3, -0.25) is 0 Å². The lowest BCUT2D eigenvalue weighted by Crippen LogP contribution is -1.89. The summed E-state index contributed by atoms with van der Waals surface area (Å²) in [6.45, 7) is 4.64. The zero-order valence-electron chi connectivity index (χ0n) is 6.29. The fourth-order valence-electron chi connectivity index (χ4n) is 0.268. The van der Waals surface area contributed by atoms with E-state index in [0.717, 1.165) is 6.20 Å². The van der Waals surface area contributed by atoms with Crippen molar-refractivity contribution in [3.8, 4) is 0 Å². The number of aliphatic imine (C=N–C) groups is 1. The van der Waals surface area contributed by atoms with Gasteiger partial charge in [-0.25, -0.2) is 13.4 Å². The summed E-state index contributed by atoms with van der Waals surface area (Å²) in [7, 11) is 1.30. The lowest BCUT2D eigenvalue weighted by molar-refractivity contribution is 0.615. The van der Waals surface area contributed by atoms with Crippen molar-refractivity contribution in [3.05, 3.63) is 23.8 Å². The second kappa shape index (κ2) is 4.64. The highest BCUT2D eigenvalue weighted by Crippen LogP contribution is 2.10. The molecule has 0 bridgehead atoms. The number of allylic oxidation sites excluding steroid dienone is 2. The smallest absolute Gasteiger partial charge is 0.244 e. The fraction of sp³-hybridized carbons (Fsp3) is 0.167. The highest BCUT2D eigenvalue weighted by molar-refractivity contribution is 8.16. The quantitative estimate of drug-likeness (QED) is 0.549. The Bertz CT molecular complexity index is 329. The van der Waals surface area contributed by atoms with Crippen LogP contribution in [0.3, 0.4) is 0 Å². The molecule has 0 heterocycles.